The van der Waals surface area contributed by atoms with E-state index in [4.69, 9.17) is 16.3 Å². The molecule has 0 unspecified atom stereocenters. The van der Waals surface area contributed by atoms with Crippen molar-refractivity contribution in [1.82, 2.24) is 9.88 Å². The number of amides is 1. The Morgan fingerprint density at radius 2 is 1.73 bits per heavy atom. The molecule has 3 heterocycles. The van der Waals surface area contributed by atoms with Gasteiger partial charge in [0.05, 0.1) is 23.1 Å². The van der Waals surface area contributed by atoms with E-state index in [0.29, 0.717) is 42.3 Å². The van der Waals surface area contributed by atoms with Gasteiger partial charge in [0.2, 0.25) is 0 Å². The van der Waals surface area contributed by atoms with Gasteiger partial charge >= 0.3 is 5.97 Å². The van der Waals surface area contributed by atoms with E-state index in [2.05, 4.69) is 9.88 Å². The second-order valence-electron chi connectivity index (χ2n) is 7.96. The van der Waals surface area contributed by atoms with Gasteiger partial charge in [0, 0.05) is 32.4 Å². The van der Waals surface area contributed by atoms with Crippen LogP contribution in [0.1, 0.15) is 41.6 Å². The first kappa shape index (κ1) is 20.7. The molecular formula is C23H26ClN3O3. The predicted octanol–water partition coefficient (Wildman–Crippen LogP) is 3.68. The molecule has 1 aromatic heterocycles. The lowest BCUT2D eigenvalue weighted by Gasteiger charge is -2.40. The highest BCUT2D eigenvalue weighted by atomic mass is 35.5. The van der Waals surface area contributed by atoms with Crippen molar-refractivity contribution < 1.29 is 14.3 Å². The Morgan fingerprint density at radius 1 is 1.07 bits per heavy atom. The molecule has 2 fully saturated rings. The van der Waals surface area contributed by atoms with Crippen molar-refractivity contribution in [2.24, 2.45) is 0 Å². The van der Waals surface area contributed by atoms with Crippen LogP contribution >= 0.6 is 11.6 Å². The number of ether oxygens (including phenoxy) is 1. The average Bonchev–Trinajstić information content (AvgIpc) is 3.34. The number of methoxy groups -OCH3 is 1. The van der Waals surface area contributed by atoms with Gasteiger partial charge in [-0.15, -0.1) is 0 Å². The average molecular weight is 428 g/mol. The second kappa shape index (κ2) is 8.64. The Morgan fingerprint density at radius 3 is 2.33 bits per heavy atom. The maximum absolute atomic E-state index is 12.7. The van der Waals surface area contributed by atoms with E-state index < -0.39 is 5.41 Å². The van der Waals surface area contributed by atoms with E-state index in [0.717, 1.165) is 31.5 Å². The Balaban J connectivity index is 1.52. The number of pyridine rings is 1. The lowest BCUT2D eigenvalue weighted by molar-refractivity contribution is -0.148. The normalized spacial score (nSPS) is 18.3. The number of esters is 1. The van der Waals surface area contributed by atoms with Gasteiger partial charge in [-0.3, -0.25) is 9.59 Å². The van der Waals surface area contributed by atoms with Crippen LogP contribution in [-0.2, 0) is 14.9 Å². The third-order valence-corrected chi connectivity index (χ3v) is 6.56. The highest BCUT2D eigenvalue weighted by Gasteiger charge is 2.44. The summed E-state index contributed by atoms with van der Waals surface area (Å²) in [5.41, 5.74) is 0.836. The van der Waals surface area contributed by atoms with Crippen LogP contribution in [0.15, 0.2) is 42.6 Å². The minimum atomic E-state index is -0.662. The number of anilines is 1. The molecule has 2 saturated heterocycles. The van der Waals surface area contributed by atoms with Gasteiger partial charge in [0.25, 0.3) is 5.91 Å². The van der Waals surface area contributed by atoms with E-state index in [9.17, 15) is 9.59 Å². The molecule has 0 N–H and O–H groups in total. The summed E-state index contributed by atoms with van der Waals surface area (Å²) in [4.78, 5) is 33.8. The Bertz CT molecular complexity index is 921. The minimum Gasteiger partial charge on any atom is -0.468 e. The molecule has 1 amide bonds. The van der Waals surface area contributed by atoms with Gasteiger partial charge in [-0.25, -0.2) is 4.98 Å². The van der Waals surface area contributed by atoms with Gasteiger partial charge < -0.3 is 14.5 Å². The van der Waals surface area contributed by atoms with Crippen LogP contribution < -0.4 is 4.90 Å². The van der Waals surface area contributed by atoms with Gasteiger partial charge in [-0.2, -0.15) is 0 Å². The molecule has 2 aromatic rings. The van der Waals surface area contributed by atoms with Crippen LogP contribution in [0.3, 0.4) is 0 Å². The molecule has 0 bridgehead atoms. The van der Waals surface area contributed by atoms with Crippen molar-refractivity contribution in [1.29, 1.82) is 0 Å². The maximum Gasteiger partial charge on any atom is 0.316 e. The third kappa shape index (κ3) is 3.76. The summed E-state index contributed by atoms with van der Waals surface area (Å²) in [5, 5.41) is 0.463. The molecule has 0 aliphatic carbocycles. The fourth-order valence-electron chi connectivity index (χ4n) is 4.55. The monoisotopic (exact) mass is 427 g/mol. The fourth-order valence-corrected chi connectivity index (χ4v) is 4.83. The van der Waals surface area contributed by atoms with Crippen molar-refractivity contribution in [2.45, 2.75) is 31.1 Å². The molecule has 0 radical (unpaired) electrons. The van der Waals surface area contributed by atoms with Crippen LogP contribution in [0.25, 0.3) is 0 Å². The van der Waals surface area contributed by atoms with Gasteiger partial charge in [0.1, 0.15) is 5.82 Å². The van der Waals surface area contributed by atoms with E-state index in [-0.39, 0.29) is 11.9 Å². The number of hydrogen-bond acceptors (Lipinski definition) is 5. The molecular weight excluding hydrogens is 402 g/mol. The molecule has 158 valence electrons. The molecule has 2 aliphatic rings. The van der Waals surface area contributed by atoms with Crippen molar-refractivity contribution in [3.8, 4) is 0 Å². The van der Waals surface area contributed by atoms with Crippen LogP contribution in [0.5, 0.6) is 0 Å². The van der Waals surface area contributed by atoms with Crippen molar-refractivity contribution in [3.63, 3.8) is 0 Å². The quantitative estimate of drug-likeness (QED) is 0.696. The summed E-state index contributed by atoms with van der Waals surface area (Å²) in [6, 6.07) is 11.5. The first-order valence-electron chi connectivity index (χ1n) is 10.4. The number of halogens is 1. The fraction of sp³-hybridized carbons (Fsp3) is 0.435. The zero-order valence-electron chi connectivity index (χ0n) is 17.1. The SMILES string of the molecule is COC(=O)C1(c2ccccc2)CCN(c2ncc(C(=O)N3CCCC3)cc2Cl)CC1. The van der Waals surface area contributed by atoms with Crippen LogP contribution in [0.4, 0.5) is 5.82 Å². The highest BCUT2D eigenvalue weighted by molar-refractivity contribution is 6.33. The van der Waals surface area contributed by atoms with Gasteiger partial charge in [-0.05, 0) is 37.3 Å². The summed E-state index contributed by atoms with van der Waals surface area (Å²) in [7, 11) is 1.44. The molecule has 0 spiro atoms. The smallest absolute Gasteiger partial charge is 0.316 e. The summed E-state index contributed by atoms with van der Waals surface area (Å²) in [5.74, 6) is 0.431. The Kier molecular flexibility index (Phi) is 5.95. The minimum absolute atomic E-state index is 0.0131. The van der Waals surface area contributed by atoms with E-state index in [1.54, 1.807) is 12.3 Å². The zero-order valence-corrected chi connectivity index (χ0v) is 17.9. The van der Waals surface area contributed by atoms with E-state index >= 15 is 0 Å². The second-order valence-corrected chi connectivity index (χ2v) is 8.36. The Hall–Kier alpha value is -2.60. The highest BCUT2D eigenvalue weighted by Crippen LogP contribution is 2.39. The summed E-state index contributed by atoms with van der Waals surface area (Å²) in [6.07, 6.45) is 4.91. The zero-order chi connectivity index (χ0) is 21.1. The van der Waals surface area contributed by atoms with Crippen LogP contribution in [-0.4, -0.2) is 55.0 Å². The number of benzene rings is 1. The number of carbonyl (C=O) groups is 2. The van der Waals surface area contributed by atoms with Crippen LogP contribution in [0, 0.1) is 0 Å². The maximum atomic E-state index is 12.7. The summed E-state index contributed by atoms with van der Waals surface area (Å²) >= 11 is 6.52. The number of carbonyl (C=O) groups excluding carboxylic acids is 2. The molecule has 1 aromatic carbocycles. The first-order valence-corrected chi connectivity index (χ1v) is 10.8. The molecule has 4 rings (SSSR count). The molecule has 2 aliphatic heterocycles. The molecule has 6 nitrogen and oxygen atoms in total. The van der Waals surface area contributed by atoms with Crippen LogP contribution in [0.2, 0.25) is 5.02 Å². The number of likely N-dealkylation sites (tertiary alicyclic amines) is 1. The number of aromatic nitrogens is 1. The van der Waals surface area contributed by atoms with Crippen molar-refractivity contribution >= 4 is 29.3 Å². The molecule has 0 atom stereocenters. The molecule has 30 heavy (non-hydrogen) atoms. The molecule has 0 saturated carbocycles. The topological polar surface area (TPSA) is 62.7 Å². The molecule has 7 heteroatoms. The summed E-state index contributed by atoms with van der Waals surface area (Å²) < 4.78 is 5.16. The third-order valence-electron chi connectivity index (χ3n) is 6.28. The number of piperidine rings is 1. The largest absolute Gasteiger partial charge is 0.468 e. The number of nitrogens with zero attached hydrogens (tertiary/aromatic N) is 3. The number of hydrogen-bond donors (Lipinski definition) is 0. The van der Waals surface area contributed by atoms with Gasteiger partial charge in [-0.1, -0.05) is 41.9 Å². The van der Waals surface area contributed by atoms with Crippen molar-refractivity contribution in [3.05, 3.63) is 58.7 Å². The lowest BCUT2D eigenvalue weighted by atomic mass is 9.72. The summed E-state index contributed by atoms with van der Waals surface area (Å²) in [6.45, 7) is 2.82. The van der Waals surface area contributed by atoms with E-state index in [1.165, 1.54) is 7.11 Å². The number of rotatable bonds is 4. The first-order chi connectivity index (χ1) is 14.5. The van der Waals surface area contributed by atoms with Gasteiger partial charge in [0.15, 0.2) is 0 Å². The Labute approximate surface area is 181 Å². The predicted molar refractivity (Wildman–Crippen MR) is 116 cm³/mol. The van der Waals surface area contributed by atoms with E-state index in [1.807, 2.05) is 35.2 Å². The standard InChI is InChI=1S/C23H26ClN3O3/c1-30-22(29)23(18-7-3-2-4-8-18)9-13-26(14-10-23)20-19(24)15-17(16-25-20)21(28)27-11-5-6-12-27/h2-4,7-8,15-16H,5-6,9-14H2,1H3. The van der Waals surface area contributed by atoms with Crippen molar-refractivity contribution in [2.75, 3.05) is 38.2 Å². The lowest BCUT2D eigenvalue weighted by Crippen LogP contribution is -2.48.